The Bertz CT molecular complexity index is 461. The zero-order valence-corrected chi connectivity index (χ0v) is 10.3. The number of aromatic nitrogens is 1. The second-order valence-electron chi connectivity index (χ2n) is 4.02. The lowest BCUT2D eigenvalue weighted by Gasteiger charge is -2.01. The van der Waals surface area contributed by atoms with Gasteiger partial charge in [0.1, 0.15) is 5.01 Å². The number of thiazole rings is 1. The third-order valence-corrected chi connectivity index (χ3v) is 3.86. The van der Waals surface area contributed by atoms with Crippen molar-refractivity contribution in [2.24, 2.45) is 0 Å². The summed E-state index contributed by atoms with van der Waals surface area (Å²) in [4.78, 5) is 5.53. The number of hydrogen-bond acceptors (Lipinski definition) is 3. The molecular weight excluding hydrogens is 218 g/mol. The van der Waals surface area contributed by atoms with Gasteiger partial charge >= 0.3 is 0 Å². The first kappa shape index (κ1) is 11.3. The minimum absolute atomic E-state index is 0.176. The topological polar surface area (TPSA) is 33.1 Å². The minimum Gasteiger partial charge on any atom is -0.396 e. The molecule has 0 spiro atoms. The summed E-state index contributed by atoms with van der Waals surface area (Å²) in [7, 11) is 0. The first-order valence-corrected chi connectivity index (χ1v) is 6.16. The van der Waals surface area contributed by atoms with Gasteiger partial charge in [-0.2, -0.15) is 0 Å². The number of hydrogen-bond donors (Lipinski definition) is 1. The van der Waals surface area contributed by atoms with Gasteiger partial charge in [-0.3, -0.25) is 0 Å². The van der Waals surface area contributed by atoms with Gasteiger partial charge in [0.2, 0.25) is 0 Å². The van der Waals surface area contributed by atoms with Gasteiger partial charge in [0.05, 0.1) is 6.61 Å². The minimum atomic E-state index is 0.176. The van der Waals surface area contributed by atoms with Crippen molar-refractivity contribution < 1.29 is 5.11 Å². The quantitative estimate of drug-likeness (QED) is 0.883. The molecule has 0 bridgehead atoms. The molecule has 2 nitrogen and oxygen atoms in total. The highest BCUT2D eigenvalue weighted by Crippen LogP contribution is 2.29. The maximum Gasteiger partial charge on any atom is 0.123 e. The summed E-state index contributed by atoms with van der Waals surface area (Å²) in [6.07, 6.45) is 1.86. The number of aliphatic hydroxyl groups is 1. The van der Waals surface area contributed by atoms with Crippen LogP contribution in [0.5, 0.6) is 0 Å². The predicted molar refractivity (Wildman–Crippen MR) is 67.8 cm³/mol. The van der Waals surface area contributed by atoms with Crippen LogP contribution in [-0.2, 0) is 0 Å². The Labute approximate surface area is 99.6 Å². The van der Waals surface area contributed by atoms with Crippen LogP contribution in [0.1, 0.15) is 23.3 Å². The highest BCUT2D eigenvalue weighted by molar-refractivity contribution is 7.15. The Morgan fingerprint density at radius 2 is 2.00 bits per heavy atom. The lowest BCUT2D eigenvalue weighted by molar-refractivity contribution is 0.274. The van der Waals surface area contributed by atoms with Gasteiger partial charge in [0.25, 0.3) is 0 Å². The summed E-state index contributed by atoms with van der Waals surface area (Å²) < 4.78 is 0. The molecule has 1 aromatic carbocycles. The molecule has 0 aliphatic rings. The Balaban J connectivity index is 2.28. The SMILES string of the molecule is Cc1ccc(-c2ncc(C(C)CO)s2)cc1. The molecule has 0 amide bonds. The van der Waals surface area contributed by atoms with Crippen molar-refractivity contribution in [1.29, 1.82) is 0 Å². The fourth-order valence-corrected chi connectivity index (χ4v) is 2.40. The maximum atomic E-state index is 9.08. The van der Waals surface area contributed by atoms with E-state index in [0.29, 0.717) is 0 Å². The number of aryl methyl sites for hydroxylation is 1. The predicted octanol–water partition coefficient (Wildman–Crippen LogP) is 3.21. The Hall–Kier alpha value is -1.19. The van der Waals surface area contributed by atoms with Gasteiger partial charge in [-0.15, -0.1) is 11.3 Å². The molecule has 0 fully saturated rings. The molecule has 2 aromatic rings. The van der Waals surface area contributed by atoms with Gasteiger partial charge < -0.3 is 5.11 Å². The standard InChI is InChI=1S/C13H15NOS/c1-9-3-5-11(6-4-9)13-14-7-12(16-13)10(2)8-15/h3-7,10,15H,8H2,1-2H3. The molecule has 1 heterocycles. The van der Waals surface area contributed by atoms with Crippen LogP contribution in [0, 0.1) is 6.92 Å². The number of nitrogens with zero attached hydrogens (tertiary/aromatic N) is 1. The average Bonchev–Trinajstić information content (AvgIpc) is 2.78. The van der Waals surface area contributed by atoms with Crippen LogP contribution < -0.4 is 0 Å². The van der Waals surface area contributed by atoms with Crippen LogP contribution in [0.4, 0.5) is 0 Å². The lowest BCUT2D eigenvalue weighted by atomic mass is 10.2. The number of benzene rings is 1. The number of aliphatic hydroxyl groups excluding tert-OH is 1. The smallest absolute Gasteiger partial charge is 0.123 e. The number of rotatable bonds is 3. The van der Waals surface area contributed by atoms with E-state index in [2.05, 4.69) is 36.2 Å². The van der Waals surface area contributed by atoms with Crippen molar-refractivity contribution in [3.63, 3.8) is 0 Å². The van der Waals surface area contributed by atoms with Gasteiger partial charge in [0, 0.05) is 22.6 Å². The summed E-state index contributed by atoms with van der Waals surface area (Å²) in [6, 6.07) is 8.35. The summed E-state index contributed by atoms with van der Waals surface area (Å²) in [5, 5.41) is 10.1. The van der Waals surface area contributed by atoms with Crippen molar-refractivity contribution in [2.45, 2.75) is 19.8 Å². The second-order valence-corrected chi connectivity index (χ2v) is 5.08. The lowest BCUT2D eigenvalue weighted by Crippen LogP contribution is -1.94. The van der Waals surface area contributed by atoms with Crippen LogP contribution >= 0.6 is 11.3 Å². The molecule has 3 heteroatoms. The molecule has 84 valence electrons. The molecule has 0 saturated heterocycles. The first-order chi connectivity index (χ1) is 7.70. The highest BCUT2D eigenvalue weighted by Gasteiger charge is 2.09. The Morgan fingerprint density at radius 3 is 2.62 bits per heavy atom. The molecule has 0 radical (unpaired) electrons. The summed E-state index contributed by atoms with van der Waals surface area (Å²) in [5.41, 5.74) is 2.40. The zero-order valence-electron chi connectivity index (χ0n) is 9.47. The van der Waals surface area contributed by atoms with Gasteiger partial charge in [0.15, 0.2) is 0 Å². The molecule has 16 heavy (non-hydrogen) atoms. The largest absolute Gasteiger partial charge is 0.396 e. The van der Waals surface area contributed by atoms with Crippen molar-refractivity contribution in [3.8, 4) is 10.6 Å². The normalized spacial score (nSPS) is 12.7. The highest BCUT2D eigenvalue weighted by atomic mass is 32.1. The molecule has 1 unspecified atom stereocenters. The fourth-order valence-electron chi connectivity index (χ4n) is 1.43. The molecule has 2 rings (SSSR count). The first-order valence-electron chi connectivity index (χ1n) is 5.34. The Morgan fingerprint density at radius 1 is 1.31 bits per heavy atom. The van der Waals surface area contributed by atoms with Crippen LogP contribution in [-0.4, -0.2) is 16.7 Å². The zero-order chi connectivity index (χ0) is 11.5. The molecule has 0 aliphatic carbocycles. The molecular formula is C13H15NOS. The van der Waals surface area contributed by atoms with E-state index < -0.39 is 0 Å². The van der Waals surface area contributed by atoms with E-state index in [1.54, 1.807) is 11.3 Å². The van der Waals surface area contributed by atoms with E-state index in [-0.39, 0.29) is 12.5 Å². The van der Waals surface area contributed by atoms with Gasteiger partial charge in [-0.1, -0.05) is 36.8 Å². The fraction of sp³-hybridized carbons (Fsp3) is 0.308. The summed E-state index contributed by atoms with van der Waals surface area (Å²) >= 11 is 1.65. The van der Waals surface area contributed by atoms with Crippen LogP contribution in [0.3, 0.4) is 0 Å². The Kier molecular flexibility index (Phi) is 3.36. The van der Waals surface area contributed by atoms with Gasteiger partial charge in [-0.05, 0) is 6.92 Å². The summed E-state index contributed by atoms with van der Waals surface area (Å²) in [5.74, 6) is 0.177. The monoisotopic (exact) mass is 233 g/mol. The second kappa shape index (κ2) is 4.76. The molecule has 1 aromatic heterocycles. The van der Waals surface area contributed by atoms with Crippen molar-refractivity contribution in [2.75, 3.05) is 6.61 Å². The average molecular weight is 233 g/mol. The van der Waals surface area contributed by atoms with Crippen LogP contribution in [0.15, 0.2) is 30.5 Å². The van der Waals surface area contributed by atoms with Crippen molar-refractivity contribution >= 4 is 11.3 Å². The van der Waals surface area contributed by atoms with Gasteiger partial charge in [-0.25, -0.2) is 4.98 Å². The van der Waals surface area contributed by atoms with E-state index in [1.807, 2.05) is 13.1 Å². The van der Waals surface area contributed by atoms with Crippen molar-refractivity contribution in [1.82, 2.24) is 4.98 Å². The van der Waals surface area contributed by atoms with E-state index in [0.717, 1.165) is 15.4 Å². The molecule has 0 aliphatic heterocycles. The van der Waals surface area contributed by atoms with Crippen LogP contribution in [0.2, 0.25) is 0 Å². The van der Waals surface area contributed by atoms with E-state index in [9.17, 15) is 0 Å². The van der Waals surface area contributed by atoms with Crippen LogP contribution in [0.25, 0.3) is 10.6 Å². The van der Waals surface area contributed by atoms with E-state index in [1.165, 1.54) is 5.56 Å². The third-order valence-electron chi connectivity index (χ3n) is 2.58. The third kappa shape index (κ3) is 2.31. The molecule has 1 N–H and O–H groups in total. The van der Waals surface area contributed by atoms with E-state index in [4.69, 9.17) is 5.11 Å². The van der Waals surface area contributed by atoms with E-state index >= 15 is 0 Å². The molecule has 0 saturated carbocycles. The summed E-state index contributed by atoms with van der Waals surface area (Å²) in [6.45, 7) is 4.26. The maximum absolute atomic E-state index is 9.08. The molecule has 1 atom stereocenters. The van der Waals surface area contributed by atoms with Crippen molar-refractivity contribution in [3.05, 3.63) is 40.9 Å².